The first-order valence-electron chi connectivity index (χ1n) is 4.57. The molecule has 0 aliphatic rings. The topological polar surface area (TPSA) is 0 Å². The van der Waals surface area contributed by atoms with E-state index in [2.05, 4.69) is 0 Å². The van der Waals surface area contributed by atoms with Crippen LogP contribution in [0.3, 0.4) is 0 Å². The lowest BCUT2D eigenvalue weighted by atomic mass is 9.97. The molecule has 10 heteroatoms. The second-order valence-corrected chi connectivity index (χ2v) is 3.53. The second kappa shape index (κ2) is 4.76. The lowest BCUT2D eigenvalue weighted by Crippen LogP contribution is -2.63. The summed E-state index contributed by atoms with van der Waals surface area (Å²) in [6.45, 7) is 1.07. The number of alkyl halides is 10. The first kappa shape index (κ1) is 17.3. The molecule has 0 aromatic carbocycles. The molecule has 1 unspecified atom stereocenters. The van der Waals surface area contributed by atoms with E-state index in [1.165, 1.54) is 0 Å². The van der Waals surface area contributed by atoms with Gasteiger partial charge in [0.15, 0.2) is 6.17 Å². The van der Waals surface area contributed by atoms with E-state index in [1.54, 1.807) is 0 Å². The summed E-state index contributed by atoms with van der Waals surface area (Å²) in [6.07, 6.45) is -12.4. The summed E-state index contributed by atoms with van der Waals surface area (Å²) in [4.78, 5) is 0. The van der Waals surface area contributed by atoms with Crippen molar-refractivity contribution in [1.29, 1.82) is 0 Å². The van der Waals surface area contributed by atoms with Crippen LogP contribution in [0.25, 0.3) is 0 Å². The Labute approximate surface area is 94.9 Å². The zero-order chi connectivity index (χ0) is 15.0. The standard InChI is InChI=1S/C8H8F10/c1-2-3-4(9)5(10,11)6(12,13)7(14,15)8(16,17)18/h4H,2-3H2,1H3. The largest absolute Gasteiger partial charge is 0.460 e. The van der Waals surface area contributed by atoms with E-state index in [4.69, 9.17) is 0 Å². The molecule has 0 aromatic rings. The Morgan fingerprint density at radius 2 is 1.17 bits per heavy atom. The third kappa shape index (κ3) is 2.51. The summed E-state index contributed by atoms with van der Waals surface area (Å²) in [5.41, 5.74) is 0. The fourth-order valence-electron chi connectivity index (χ4n) is 1.02. The van der Waals surface area contributed by atoms with Gasteiger partial charge < -0.3 is 0 Å². The fourth-order valence-corrected chi connectivity index (χ4v) is 1.02. The Morgan fingerprint density at radius 3 is 1.44 bits per heavy atom. The Morgan fingerprint density at radius 1 is 0.778 bits per heavy atom. The van der Waals surface area contributed by atoms with Crippen molar-refractivity contribution in [2.45, 2.75) is 49.9 Å². The van der Waals surface area contributed by atoms with Gasteiger partial charge in [0.1, 0.15) is 0 Å². The molecule has 0 fully saturated rings. The maximum Gasteiger partial charge on any atom is 0.460 e. The van der Waals surface area contributed by atoms with Gasteiger partial charge in [0.25, 0.3) is 0 Å². The predicted octanol–water partition coefficient (Wildman–Crippen LogP) is 4.59. The van der Waals surface area contributed by atoms with Gasteiger partial charge in [-0.25, -0.2) is 4.39 Å². The van der Waals surface area contributed by atoms with Gasteiger partial charge in [0.05, 0.1) is 0 Å². The fraction of sp³-hybridized carbons (Fsp3) is 1.00. The van der Waals surface area contributed by atoms with E-state index in [1.807, 2.05) is 0 Å². The third-order valence-electron chi connectivity index (χ3n) is 2.10. The van der Waals surface area contributed by atoms with E-state index in [0.29, 0.717) is 0 Å². The minimum absolute atomic E-state index is 0.426. The Hall–Kier alpha value is -0.700. The highest BCUT2D eigenvalue weighted by Crippen LogP contribution is 2.54. The summed E-state index contributed by atoms with van der Waals surface area (Å²) < 4.78 is 123. The van der Waals surface area contributed by atoms with Crippen LogP contribution in [0.2, 0.25) is 0 Å². The van der Waals surface area contributed by atoms with Gasteiger partial charge in [-0.15, -0.1) is 0 Å². The summed E-state index contributed by atoms with van der Waals surface area (Å²) in [6, 6.07) is 0. The Balaban J connectivity index is 5.49. The van der Waals surface area contributed by atoms with E-state index in [0.717, 1.165) is 6.92 Å². The first-order valence-corrected chi connectivity index (χ1v) is 4.57. The molecule has 0 nitrogen and oxygen atoms in total. The summed E-state index contributed by atoms with van der Waals surface area (Å²) in [7, 11) is 0. The van der Waals surface area contributed by atoms with Crippen molar-refractivity contribution in [1.82, 2.24) is 0 Å². The molecule has 0 bridgehead atoms. The van der Waals surface area contributed by atoms with Crippen molar-refractivity contribution in [2.24, 2.45) is 0 Å². The van der Waals surface area contributed by atoms with Crippen molar-refractivity contribution in [3.8, 4) is 0 Å². The lowest BCUT2D eigenvalue weighted by Gasteiger charge is -2.35. The van der Waals surface area contributed by atoms with Gasteiger partial charge in [0, 0.05) is 0 Å². The molecule has 0 aromatic heterocycles. The van der Waals surface area contributed by atoms with Gasteiger partial charge in [-0.3, -0.25) is 0 Å². The van der Waals surface area contributed by atoms with Crippen LogP contribution in [0.5, 0.6) is 0 Å². The lowest BCUT2D eigenvalue weighted by molar-refractivity contribution is -0.403. The van der Waals surface area contributed by atoms with Gasteiger partial charge >= 0.3 is 23.9 Å². The number of rotatable bonds is 5. The minimum atomic E-state index is -7.03. The van der Waals surface area contributed by atoms with E-state index in [-0.39, 0.29) is 0 Å². The molecule has 0 N–H and O–H groups in total. The van der Waals surface area contributed by atoms with E-state index < -0.39 is 43.0 Å². The number of halogens is 10. The van der Waals surface area contributed by atoms with Gasteiger partial charge in [-0.1, -0.05) is 13.3 Å². The van der Waals surface area contributed by atoms with Crippen LogP contribution in [0, 0.1) is 0 Å². The highest BCUT2D eigenvalue weighted by Gasteiger charge is 2.83. The predicted molar refractivity (Wildman–Crippen MR) is 40.7 cm³/mol. The molecular formula is C8H8F10. The van der Waals surface area contributed by atoms with Crippen LogP contribution in [0.1, 0.15) is 19.8 Å². The molecule has 0 radical (unpaired) electrons. The quantitative estimate of drug-likeness (QED) is 0.650. The molecule has 110 valence electrons. The average Bonchev–Trinajstić information content (AvgIpc) is 2.15. The van der Waals surface area contributed by atoms with Crippen LogP contribution < -0.4 is 0 Å². The molecule has 0 aliphatic heterocycles. The molecule has 0 amide bonds. The van der Waals surface area contributed by atoms with Crippen molar-refractivity contribution >= 4 is 0 Å². The number of hydrogen-bond donors (Lipinski definition) is 0. The van der Waals surface area contributed by atoms with Crippen molar-refractivity contribution in [2.75, 3.05) is 0 Å². The van der Waals surface area contributed by atoms with Gasteiger partial charge in [0.2, 0.25) is 0 Å². The summed E-state index contributed by atoms with van der Waals surface area (Å²) >= 11 is 0. The average molecular weight is 294 g/mol. The smallest absolute Gasteiger partial charge is 0.241 e. The van der Waals surface area contributed by atoms with Gasteiger partial charge in [-0.05, 0) is 6.42 Å². The van der Waals surface area contributed by atoms with Crippen LogP contribution >= 0.6 is 0 Å². The normalized spacial score (nSPS) is 16.8. The molecule has 0 saturated heterocycles. The molecule has 0 heterocycles. The highest BCUT2D eigenvalue weighted by molar-refractivity contribution is 5.03. The molecular weight excluding hydrogens is 286 g/mol. The number of hydrogen-bond acceptors (Lipinski definition) is 0. The molecule has 0 rings (SSSR count). The van der Waals surface area contributed by atoms with Crippen molar-refractivity contribution in [3.05, 3.63) is 0 Å². The molecule has 18 heavy (non-hydrogen) atoms. The zero-order valence-corrected chi connectivity index (χ0v) is 8.77. The highest BCUT2D eigenvalue weighted by atomic mass is 19.4. The van der Waals surface area contributed by atoms with Crippen LogP contribution in [0.15, 0.2) is 0 Å². The van der Waals surface area contributed by atoms with Crippen molar-refractivity contribution < 1.29 is 43.9 Å². The first-order chi connectivity index (χ1) is 7.73. The molecule has 1 atom stereocenters. The minimum Gasteiger partial charge on any atom is -0.241 e. The van der Waals surface area contributed by atoms with Crippen molar-refractivity contribution in [3.63, 3.8) is 0 Å². The maximum atomic E-state index is 12.7. The Bertz CT molecular complexity index is 278. The zero-order valence-electron chi connectivity index (χ0n) is 8.77. The van der Waals surface area contributed by atoms with Crippen LogP contribution in [-0.4, -0.2) is 30.1 Å². The Kier molecular flexibility index (Phi) is 4.58. The maximum absolute atomic E-state index is 12.7. The van der Waals surface area contributed by atoms with Crippen LogP contribution in [-0.2, 0) is 0 Å². The molecule has 0 saturated carbocycles. The summed E-state index contributed by atoms with van der Waals surface area (Å²) in [5, 5.41) is 0. The van der Waals surface area contributed by atoms with E-state index >= 15 is 0 Å². The third-order valence-corrected chi connectivity index (χ3v) is 2.10. The molecule has 0 aliphatic carbocycles. The van der Waals surface area contributed by atoms with Gasteiger partial charge in [-0.2, -0.15) is 39.5 Å². The summed E-state index contributed by atoms with van der Waals surface area (Å²) in [5.74, 6) is -20.0. The molecule has 0 spiro atoms. The second-order valence-electron chi connectivity index (χ2n) is 3.53. The van der Waals surface area contributed by atoms with E-state index in [9.17, 15) is 43.9 Å². The van der Waals surface area contributed by atoms with Crippen LogP contribution in [0.4, 0.5) is 43.9 Å². The SMILES string of the molecule is CCCC(F)C(F)(F)C(F)(F)C(F)(F)C(F)(F)F. The monoisotopic (exact) mass is 294 g/mol.